The molecule has 8 unspecified atom stereocenters. The van der Waals surface area contributed by atoms with Gasteiger partial charge in [-0.1, -0.05) is 0 Å². The number of nitrogens with one attached hydrogen (secondary N) is 2. The number of carbonyl (C=O) groups excluding carboxylic acids is 1. The van der Waals surface area contributed by atoms with Crippen LogP contribution in [-0.4, -0.2) is 93.1 Å². The molecule has 0 aromatic heterocycles. The molecule has 1 amide bonds. The van der Waals surface area contributed by atoms with Crippen molar-refractivity contribution in [2.45, 2.75) is 73.5 Å². The molecule has 0 spiro atoms. The van der Waals surface area contributed by atoms with E-state index in [2.05, 4.69) is 10.6 Å². The lowest BCUT2D eigenvalue weighted by molar-refractivity contribution is -0.205. The van der Waals surface area contributed by atoms with Crippen molar-refractivity contribution in [3.8, 4) is 0 Å². The Morgan fingerprint density at radius 1 is 1.26 bits per heavy atom. The van der Waals surface area contributed by atoms with Gasteiger partial charge in [0.05, 0.1) is 17.5 Å². The summed E-state index contributed by atoms with van der Waals surface area (Å²) in [7, 11) is 0. The number of alkyl halides is 1. The summed E-state index contributed by atoms with van der Waals surface area (Å²) in [4.78, 5) is 12.8. The molecule has 10 heteroatoms. The molecular weight excluding hydrogens is 396 g/mol. The highest BCUT2D eigenvalue weighted by Crippen LogP contribution is 2.30. The number of ether oxygens (including phenoxy) is 1. The van der Waals surface area contributed by atoms with Gasteiger partial charge in [0.15, 0.2) is 0 Å². The van der Waals surface area contributed by atoms with Crippen molar-refractivity contribution < 1.29 is 30.0 Å². The van der Waals surface area contributed by atoms with Gasteiger partial charge in [0.1, 0.15) is 29.9 Å². The number of thioether (sulfide) groups is 1. The van der Waals surface area contributed by atoms with Gasteiger partial charge in [-0.2, -0.15) is 0 Å². The first-order valence-electron chi connectivity index (χ1n) is 9.31. The van der Waals surface area contributed by atoms with Gasteiger partial charge in [0, 0.05) is 6.61 Å². The zero-order valence-electron chi connectivity index (χ0n) is 15.6. The molecular formula is C17H31ClN2O6S. The van der Waals surface area contributed by atoms with Gasteiger partial charge in [-0.05, 0) is 44.9 Å². The topological polar surface area (TPSA) is 131 Å². The maximum absolute atomic E-state index is 12.8. The van der Waals surface area contributed by atoms with E-state index in [0.717, 1.165) is 12.8 Å². The molecule has 158 valence electrons. The van der Waals surface area contributed by atoms with Crippen molar-refractivity contribution in [2.24, 2.45) is 5.92 Å². The summed E-state index contributed by atoms with van der Waals surface area (Å²) in [6, 6.07) is -1.17. The molecule has 9 atom stereocenters. The Balaban J connectivity index is 2.07. The van der Waals surface area contributed by atoms with Crippen molar-refractivity contribution in [3.63, 3.8) is 0 Å². The predicted octanol–water partition coefficient (Wildman–Crippen LogP) is -0.980. The fourth-order valence-electron chi connectivity index (χ4n) is 3.61. The second-order valence-corrected chi connectivity index (χ2v) is 8.93. The number of aliphatic hydroxyl groups is 4. The maximum atomic E-state index is 12.8. The lowest BCUT2D eigenvalue weighted by Gasteiger charge is -2.44. The molecule has 27 heavy (non-hydrogen) atoms. The average Bonchev–Trinajstić information content (AvgIpc) is 2.90. The van der Waals surface area contributed by atoms with Crippen molar-refractivity contribution in [1.82, 2.24) is 10.6 Å². The third-order valence-electron chi connectivity index (χ3n) is 5.38. The smallest absolute Gasteiger partial charge is 0.237 e. The zero-order valence-corrected chi connectivity index (χ0v) is 17.2. The highest BCUT2D eigenvalue weighted by Gasteiger charge is 2.48. The SMILES string of the molecule is CSC1OC(C(NC(=O)C2CC[C@H](CO)CCN2)C(C)Cl)C(O)C(O)C1O. The largest absolute Gasteiger partial charge is 0.396 e. The zero-order chi connectivity index (χ0) is 20.1. The standard InChI is InChI=1S/C17H31ClN2O6S/c1-8(18)11(15-13(23)12(22)14(24)17(26-15)27-2)20-16(25)10-4-3-9(7-21)5-6-19-10/h8-15,17,19,21-24H,3-7H2,1-2H3,(H,20,25)/t8?,9-,10?,11?,12?,13?,14?,15?,17?/m0/s1. The Bertz CT molecular complexity index is 486. The fourth-order valence-corrected chi connectivity index (χ4v) is 4.49. The van der Waals surface area contributed by atoms with Crippen LogP contribution in [0.5, 0.6) is 0 Å². The van der Waals surface area contributed by atoms with Crippen LogP contribution >= 0.6 is 23.4 Å². The molecule has 2 saturated heterocycles. The lowest BCUT2D eigenvalue weighted by Crippen LogP contribution is -2.65. The van der Waals surface area contributed by atoms with Crippen molar-refractivity contribution in [3.05, 3.63) is 0 Å². The highest BCUT2D eigenvalue weighted by atomic mass is 35.5. The number of hydrogen-bond acceptors (Lipinski definition) is 8. The average molecular weight is 427 g/mol. The second kappa shape index (κ2) is 10.6. The number of halogens is 1. The summed E-state index contributed by atoms with van der Waals surface area (Å²) in [6.45, 7) is 2.42. The van der Waals surface area contributed by atoms with E-state index in [1.165, 1.54) is 11.8 Å². The van der Waals surface area contributed by atoms with E-state index in [0.29, 0.717) is 13.0 Å². The summed E-state index contributed by atoms with van der Waals surface area (Å²) >= 11 is 7.48. The first kappa shape index (κ1) is 23.2. The highest BCUT2D eigenvalue weighted by molar-refractivity contribution is 7.99. The number of carbonyl (C=O) groups is 1. The Hall–Kier alpha value is -0.130. The predicted molar refractivity (Wildman–Crippen MR) is 104 cm³/mol. The molecule has 2 heterocycles. The number of rotatable bonds is 6. The molecule has 8 nitrogen and oxygen atoms in total. The normalized spacial score (nSPS) is 40.0. The molecule has 0 aliphatic carbocycles. The Morgan fingerprint density at radius 3 is 2.56 bits per heavy atom. The van der Waals surface area contributed by atoms with Gasteiger partial charge >= 0.3 is 0 Å². The molecule has 2 aliphatic rings. The number of aliphatic hydroxyl groups excluding tert-OH is 4. The monoisotopic (exact) mass is 426 g/mol. The van der Waals surface area contributed by atoms with Crippen molar-refractivity contribution in [1.29, 1.82) is 0 Å². The quantitative estimate of drug-likeness (QED) is 0.299. The van der Waals surface area contributed by atoms with Gasteiger partial charge in [-0.25, -0.2) is 0 Å². The summed E-state index contributed by atoms with van der Waals surface area (Å²) < 4.78 is 5.75. The molecule has 2 rings (SSSR count). The summed E-state index contributed by atoms with van der Waals surface area (Å²) in [6.07, 6.45) is -1.10. The molecule has 0 radical (unpaired) electrons. The molecule has 0 saturated carbocycles. The minimum atomic E-state index is -1.39. The van der Waals surface area contributed by atoms with Crippen LogP contribution in [0.1, 0.15) is 26.2 Å². The van der Waals surface area contributed by atoms with E-state index < -0.39 is 47.3 Å². The van der Waals surface area contributed by atoms with Crippen LogP contribution in [0, 0.1) is 5.92 Å². The summed E-state index contributed by atoms with van der Waals surface area (Å²) in [5.41, 5.74) is -0.732. The fraction of sp³-hybridized carbons (Fsp3) is 0.941. The minimum Gasteiger partial charge on any atom is -0.396 e. The summed E-state index contributed by atoms with van der Waals surface area (Å²) in [5, 5.41) is 45.3. The molecule has 6 N–H and O–H groups in total. The third kappa shape index (κ3) is 5.70. The van der Waals surface area contributed by atoms with E-state index in [-0.39, 0.29) is 18.4 Å². The van der Waals surface area contributed by atoms with E-state index in [1.54, 1.807) is 13.2 Å². The van der Waals surface area contributed by atoms with E-state index in [4.69, 9.17) is 16.3 Å². The number of amides is 1. The molecule has 0 aromatic carbocycles. The molecule has 0 aromatic rings. The van der Waals surface area contributed by atoms with Gasteiger partial charge in [0.2, 0.25) is 5.91 Å². The van der Waals surface area contributed by atoms with E-state index in [9.17, 15) is 25.2 Å². The third-order valence-corrected chi connectivity index (χ3v) is 6.50. The molecule has 2 fully saturated rings. The Kier molecular flexibility index (Phi) is 9.08. The van der Waals surface area contributed by atoms with Crippen LogP contribution < -0.4 is 10.6 Å². The Labute approximate surface area is 169 Å². The van der Waals surface area contributed by atoms with Crippen LogP contribution in [0.4, 0.5) is 0 Å². The van der Waals surface area contributed by atoms with Gasteiger partial charge in [0.25, 0.3) is 0 Å². The number of hydrogen-bond donors (Lipinski definition) is 6. The lowest BCUT2D eigenvalue weighted by atomic mass is 9.92. The van der Waals surface area contributed by atoms with Crippen LogP contribution in [0.2, 0.25) is 0 Å². The van der Waals surface area contributed by atoms with E-state index >= 15 is 0 Å². The van der Waals surface area contributed by atoms with Crippen molar-refractivity contribution in [2.75, 3.05) is 19.4 Å². The molecule has 2 aliphatic heterocycles. The molecule has 0 bridgehead atoms. The summed E-state index contributed by atoms with van der Waals surface area (Å²) in [5.74, 6) is -0.0799. The van der Waals surface area contributed by atoms with Crippen LogP contribution in [-0.2, 0) is 9.53 Å². The first-order chi connectivity index (χ1) is 12.8. The minimum absolute atomic E-state index is 0.107. The van der Waals surface area contributed by atoms with Crippen LogP contribution in [0.25, 0.3) is 0 Å². The Morgan fingerprint density at radius 2 is 1.96 bits per heavy atom. The van der Waals surface area contributed by atoms with Gasteiger partial charge in [-0.3, -0.25) is 4.79 Å². The maximum Gasteiger partial charge on any atom is 0.237 e. The van der Waals surface area contributed by atoms with Crippen LogP contribution in [0.15, 0.2) is 0 Å². The van der Waals surface area contributed by atoms with Gasteiger partial charge in [-0.15, -0.1) is 23.4 Å². The van der Waals surface area contributed by atoms with Gasteiger partial charge < -0.3 is 35.8 Å². The first-order valence-corrected chi connectivity index (χ1v) is 11.0. The van der Waals surface area contributed by atoms with Crippen LogP contribution in [0.3, 0.4) is 0 Å². The van der Waals surface area contributed by atoms with E-state index in [1.807, 2.05) is 0 Å². The van der Waals surface area contributed by atoms with Crippen molar-refractivity contribution >= 4 is 29.3 Å². The second-order valence-electron chi connectivity index (χ2n) is 7.31.